The number of para-hydroxylation sites is 1. The van der Waals surface area contributed by atoms with Crippen molar-refractivity contribution >= 4 is 23.4 Å². The molecule has 0 saturated heterocycles. The molecular formula is C30H32N2O6S. The maximum atomic E-state index is 13.9. The molecule has 2 heterocycles. The van der Waals surface area contributed by atoms with Crippen LogP contribution in [0.2, 0.25) is 0 Å². The molecule has 0 radical (unpaired) electrons. The number of allylic oxidation sites excluding steroid dienone is 1. The lowest BCUT2D eigenvalue weighted by molar-refractivity contribution is -0.139. The molecule has 0 spiro atoms. The summed E-state index contributed by atoms with van der Waals surface area (Å²) in [5.74, 6) is 1.18. The van der Waals surface area contributed by atoms with Gasteiger partial charge in [-0.05, 0) is 57.5 Å². The highest BCUT2D eigenvalue weighted by atomic mass is 32.1. The Kier molecular flexibility index (Phi) is 8.71. The normalized spacial score (nSPS) is 15.0. The second kappa shape index (κ2) is 12.2. The fourth-order valence-electron chi connectivity index (χ4n) is 4.35. The molecule has 0 amide bonds. The van der Waals surface area contributed by atoms with Crippen LogP contribution in [0.4, 0.5) is 0 Å². The number of ether oxygens (including phenoxy) is 4. The first-order valence-electron chi connectivity index (χ1n) is 12.7. The molecule has 2 aromatic carbocycles. The number of rotatable bonds is 10. The second-order valence-corrected chi connectivity index (χ2v) is 10.0. The summed E-state index contributed by atoms with van der Waals surface area (Å²) in [7, 11) is 1.56. The van der Waals surface area contributed by atoms with E-state index in [1.165, 1.54) is 11.3 Å². The van der Waals surface area contributed by atoms with E-state index in [2.05, 4.69) is 11.6 Å². The third-order valence-electron chi connectivity index (χ3n) is 5.94. The Labute approximate surface area is 231 Å². The van der Waals surface area contributed by atoms with E-state index in [1.807, 2.05) is 44.2 Å². The van der Waals surface area contributed by atoms with Crippen molar-refractivity contribution in [2.45, 2.75) is 39.8 Å². The Bertz CT molecular complexity index is 1600. The predicted molar refractivity (Wildman–Crippen MR) is 151 cm³/mol. The van der Waals surface area contributed by atoms with Crippen molar-refractivity contribution in [1.82, 2.24) is 4.57 Å². The largest absolute Gasteiger partial charge is 0.493 e. The predicted octanol–water partition coefficient (Wildman–Crippen LogP) is 4.16. The minimum absolute atomic E-state index is 0.105. The molecule has 0 aliphatic carbocycles. The topological polar surface area (TPSA) is 88.4 Å². The quantitative estimate of drug-likeness (QED) is 0.279. The van der Waals surface area contributed by atoms with Gasteiger partial charge in [0.25, 0.3) is 5.56 Å². The Balaban J connectivity index is 1.91. The van der Waals surface area contributed by atoms with Crippen LogP contribution in [0.25, 0.3) is 6.08 Å². The molecular weight excluding hydrogens is 516 g/mol. The number of nitrogens with zero attached hydrogens (tertiary/aromatic N) is 2. The Morgan fingerprint density at radius 3 is 2.64 bits per heavy atom. The number of esters is 1. The van der Waals surface area contributed by atoms with Gasteiger partial charge in [-0.1, -0.05) is 48.3 Å². The maximum absolute atomic E-state index is 13.9. The summed E-state index contributed by atoms with van der Waals surface area (Å²) in [6.45, 7) is 11.6. The van der Waals surface area contributed by atoms with Crippen molar-refractivity contribution in [3.8, 4) is 17.2 Å². The van der Waals surface area contributed by atoms with Crippen LogP contribution < -0.4 is 29.1 Å². The van der Waals surface area contributed by atoms with E-state index in [0.717, 1.165) is 5.56 Å². The zero-order valence-electron chi connectivity index (χ0n) is 22.7. The molecule has 4 rings (SSSR count). The summed E-state index contributed by atoms with van der Waals surface area (Å²) in [5.41, 5.74) is 1.96. The van der Waals surface area contributed by atoms with Gasteiger partial charge in [-0.15, -0.1) is 0 Å². The number of methoxy groups -OCH3 is 1. The number of carbonyl (C=O) groups excluding carboxylic acids is 1. The highest BCUT2D eigenvalue weighted by molar-refractivity contribution is 7.07. The maximum Gasteiger partial charge on any atom is 0.338 e. The third kappa shape index (κ3) is 5.83. The van der Waals surface area contributed by atoms with Gasteiger partial charge in [0.15, 0.2) is 16.3 Å². The average molecular weight is 549 g/mol. The van der Waals surface area contributed by atoms with E-state index in [9.17, 15) is 9.59 Å². The van der Waals surface area contributed by atoms with Crippen molar-refractivity contribution in [3.63, 3.8) is 0 Å². The molecule has 204 valence electrons. The third-order valence-corrected chi connectivity index (χ3v) is 6.92. The van der Waals surface area contributed by atoms with Crippen molar-refractivity contribution in [1.29, 1.82) is 0 Å². The lowest BCUT2D eigenvalue weighted by Gasteiger charge is -2.26. The van der Waals surface area contributed by atoms with Crippen molar-refractivity contribution in [2.24, 2.45) is 4.99 Å². The van der Waals surface area contributed by atoms with Gasteiger partial charge in [0.05, 0.1) is 35.6 Å². The van der Waals surface area contributed by atoms with Gasteiger partial charge in [0.2, 0.25) is 0 Å². The summed E-state index contributed by atoms with van der Waals surface area (Å²) in [6, 6.07) is 12.1. The number of aromatic nitrogens is 1. The lowest BCUT2D eigenvalue weighted by Crippen LogP contribution is -2.40. The fourth-order valence-corrected chi connectivity index (χ4v) is 5.39. The molecule has 0 fully saturated rings. The van der Waals surface area contributed by atoms with Crippen LogP contribution in [0, 0.1) is 0 Å². The number of benzene rings is 2. The average Bonchev–Trinajstić information content (AvgIpc) is 3.21. The van der Waals surface area contributed by atoms with Gasteiger partial charge >= 0.3 is 5.97 Å². The molecule has 0 bridgehead atoms. The van der Waals surface area contributed by atoms with E-state index in [0.29, 0.717) is 50.0 Å². The summed E-state index contributed by atoms with van der Waals surface area (Å²) in [4.78, 5) is 32.3. The number of hydrogen-bond acceptors (Lipinski definition) is 8. The molecule has 1 aliphatic heterocycles. The number of hydrogen-bond donors (Lipinski definition) is 0. The van der Waals surface area contributed by atoms with Gasteiger partial charge in [-0.3, -0.25) is 9.36 Å². The summed E-state index contributed by atoms with van der Waals surface area (Å²) in [5, 5.41) is 0. The van der Waals surface area contributed by atoms with Crippen LogP contribution >= 0.6 is 11.3 Å². The van der Waals surface area contributed by atoms with Crippen molar-refractivity contribution in [2.75, 3.05) is 20.3 Å². The first kappa shape index (κ1) is 27.9. The highest BCUT2D eigenvalue weighted by Gasteiger charge is 2.35. The number of carbonyl (C=O) groups is 1. The molecule has 1 aromatic heterocycles. The molecule has 8 nitrogen and oxygen atoms in total. The molecule has 1 aliphatic rings. The van der Waals surface area contributed by atoms with Crippen molar-refractivity contribution < 1.29 is 23.7 Å². The summed E-state index contributed by atoms with van der Waals surface area (Å²) in [6.07, 6.45) is 3.33. The summed E-state index contributed by atoms with van der Waals surface area (Å²) >= 11 is 1.25. The smallest absolute Gasteiger partial charge is 0.338 e. The van der Waals surface area contributed by atoms with E-state index in [1.54, 1.807) is 49.8 Å². The second-order valence-electron chi connectivity index (χ2n) is 9.02. The van der Waals surface area contributed by atoms with E-state index >= 15 is 0 Å². The van der Waals surface area contributed by atoms with Gasteiger partial charge in [0.1, 0.15) is 18.4 Å². The van der Waals surface area contributed by atoms with Crippen LogP contribution in [-0.2, 0) is 9.53 Å². The van der Waals surface area contributed by atoms with Crippen molar-refractivity contribution in [3.05, 3.63) is 97.2 Å². The monoisotopic (exact) mass is 548 g/mol. The Hall–Kier alpha value is -4.11. The zero-order valence-corrected chi connectivity index (χ0v) is 23.5. The molecule has 1 unspecified atom stereocenters. The molecule has 0 saturated carbocycles. The molecule has 3 aromatic rings. The highest BCUT2D eigenvalue weighted by Crippen LogP contribution is 2.36. The first-order chi connectivity index (χ1) is 18.8. The van der Waals surface area contributed by atoms with E-state index in [-0.39, 0.29) is 18.3 Å². The van der Waals surface area contributed by atoms with Gasteiger partial charge < -0.3 is 18.9 Å². The van der Waals surface area contributed by atoms with E-state index in [4.69, 9.17) is 18.9 Å². The molecule has 0 N–H and O–H groups in total. The Morgan fingerprint density at radius 2 is 1.95 bits per heavy atom. The first-order valence-corrected chi connectivity index (χ1v) is 13.5. The lowest BCUT2D eigenvalue weighted by atomic mass is 9.95. The fraction of sp³-hybridized carbons (Fsp3) is 0.300. The SMILES string of the molecule is C=CCOc1ccc(C=c2sc3n(c2=O)C(c2ccccc2OC(C)C)C(C(=O)OCC)=C(C)N=3)cc1OC. The van der Waals surface area contributed by atoms with Gasteiger partial charge in [-0.25, -0.2) is 9.79 Å². The van der Waals surface area contributed by atoms with Crippen LogP contribution in [0.15, 0.2) is 76.2 Å². The molecule has 1 atom stereocenters. The van der Waals surface area contributed by atoms with Gasteiger partial charge in [-0.2, -0.15) is 0 Å². The van der Waals surface area contributed by atoms with Crippen LogP contribution in [-0.4, -0.2) is 37.0 Å². The Morgan fingerprint density at radius 1 is 1.18 bits per heavy atom. The van der Waals surface area contributed by atoms with Crippen LogP contribution in [0.5, 0.6) is 17.2 Å². The van der Waals surface area contributed by atoms with Crippen LogP contribution in [0.1, 0.15) is 44.9 Å². The number of fused-ring (bicyclic) bond motifs is 1. The standard InChI is InChI=1S/C30H32N2O6S/c1-7-15-37-23-14-13-20(16-24(23)35-6)17-25-28(33)32-27(21-11-9-10-12-22(21)38-18(3)4)26(29(34)36-8-2)19(5)31-30(32)39-25/h7,9-14,16-18,27H,1,8,15H2,2-6H3. The van der Waals surface area contributed by atoms with E-state index < -0.39 is 12.0 Å². The number of thiazole rings is 1. The molecule has 39 heavy (non-hydrogen) atoms. The van der Waals surface area contributed by atoms with Gasteiger partial charge in [0, 0.05) is 5.56 Å². The zero-order chi connectivity index (χ0) is 28.1. The summed E-state index contributed by atoms with van der Waals surface area (Å²) < 4.78 is 24.6. The van der Waals surface area contributed by atoms with Crippen LogP contribution in [0.3, 0.4) is 0 Å². The minimum atomic E-state index is -0.762. The molecule has 9 heteroatoms. The minimum Gasteiger partial charge on any atom is -0.493 e.